The second-order valence-electron chi connectivity index (χ2n) is 15.4. The van der Waals surface area contributed by atoms with E-state index < -0.39 is 5.97 Å². The lowest BCUT2D eigenvalue weighted by Gasteiger charge is -2.30. The number of fused-ring (bicyclic) bond motifs is 1. The average molecular weight is 813 g/mol. The van der Waals surface area contributed by atoms with Crippen molar-refractivity contribution in [1.82, 2.24) is 25.3 Å². The maximum atomic E-state index is 11.6. The summed E-state index contributed by atoms with van der Waals surface area (Å²) in [5.74, 6) is 1.28. The van der Waals surface area contributed by atoms with Crippen LogP contribution in [0.5, 0.6) is 11.5 Å². The number of amides is 1. The second kappa shape index (κ2) is 18.3. The molecule has 2 fully saturated rings. The highest BCUT2D eigenvalue weighted by molar-refractivity contribution is 6.36. The number of carboxylic acids is 1. The summed E-state index contributed by atoms with van der Waals surface area (Å²) in [7, 11) is 3.78. The molecule has 300 valence electrons. The van der Waals surface area contributed by atoms with Crippen molar-refractivity contribution < 1.29 is 24.2 Å². The van der Waals surface area contributed by atoms with Crippen molar-refractivity contribution in [1.29, 1.82) is 0 Å². The Labute approximate surface area is 344 Å². The molecule has 0 bridgehead atoms. The van der Waals surface area contributed by atoms with Gasteiger partial charge >= 0.3 is 5.97 Å². The minimum atomic E-state index is -0.672. The molecule has 1 aromatic heterocycles. The van der Waals surface area contributed by atoms with Crippen LogP contribution in [0.1, 0.15) is 62.1 Å². The lowest BCUT2D eigenvalue weighted by atomic mass is 9.82. The highest BCUT2D eigenvalue weighted by Crippen LogP contribution is 2.41. The fraction of sp³-hybridized carbons (Fsp3) is 0.400. The van der Waals surface area contributed by atoms with Gasteiger partial charge in [0.1, 0.15) is 11.5 Å². The number of aromatic nitrogens is 2. The summed E-state index contributed by atoms with van der Waals surface area (Å²) >= 11 is 14.2. The maximum absolute atomic E-state index is 11.6. The molecule has 4 aromatic carbocycles. The van der Waals surface area contributed by atoms with Crippen LogP contribution in [0.2, 0.25) is 10.0 Å². The van der Waals surface area contributed by atoms with Gasteiger partial charge in [0, 0.05) is 71.3 Å². The Morgan fingerprint density at radius 3 is 2.47 bits per heavy atom. The van der Waals surface area contributed by atoms with Crippen molar-refractivity contribution in [3.63, 3.8) is 0 Å². The third-order valence-corrected chi connectivity index (χ3v) is 12.2. The number of carboxylic acid groups (broad SMARTS) is 1. The molecule has 0 radical (unpaired) electrons. The molecule has 5 aromatic rings. The number of nitrogens with one attached hydrogen (secondary N) is 2. The van der Waals surface area contributed by atoms with Crippen LogP contribution < -0.4 is 20.1 Å². The number of nitrogens with zero attached hydrogens (tertiary/aromatic N) is 3. The first kappa shape index (κ1) is 40.6. The van der Waals surface area contributed by atoms with E-state index >= 15 is 0 Å². The number of rotatable bonds is 16. The Morgan fingerprint density at radius 2 is 1.74 bits per heavy atom. The third-order valence-electron chi connectivity index (χ3n) is 11.4. The monoisotopic (exact) mass is 811 g/mol. The van der Waals surface area contributed by atoms with Gasteiger partial charge in [0.05, 0.1) is 42.9 Å². The van der Waals surface area contributed by atoms with E-state index in [2.05, 4.69) is 46.8 Å². The molecule has 1 aliphatic carbocycles. The number of ether oxygens (including phenoxy) is 2. The first-order valence-corrected chi connectivity index (χ1v) is 20.6. The average Bonchev–Trinajstić information content (AvgIpc) is 3.82. The number of halogens is 2. The van der Waals surface area contributed by atoms with Gasteiger partial charge in [0.15, 0.2) is 0 Å². The zero-order chi connectivity index (χ0) is 40.1. The van der Waals surface area contributed by atoms with Crippen molar-refractivity contribution in [2.75, 3.05) is 33.9 Å². The van der Waals surface area contributed by atoms with Crippen LogP contribution in [0.4, 0.5) is 0 Å². The first-order valence-electron chi connectivity index (χ1n) is 19.9. The van der Waals surface area contributed by atoms with E-state index in [4.69, 9.17) is 37.8 Å². The van der Waals surface area contributed by atoms with Crippen molar-refractivity contribution in [3.8, 4) is 33.8 Å². The summed E-state index contributed by atoms with van der Waals surface area (Å²) in [6, 6.07) is 22.6. The zero-order valence-electron chi connectivity index (χ0n) is 32.8. The van der Waals surface area contributed by atoms with E-state index in [0.717, 1.165) is 100.0 Å². The Morgan fingerprint density at radius 1 is 0.965 bits per heavy atom. The summed E-state index contributed by atoms with van der Waals surface area (Å²) in [4.78, 5) is 25.3. The van der Waals surface area contributed by atoms with E-state index in [1.165, 1.54) is 0 Å². The van der Waals surface area contributed by atoms with Gasteiger partial charge in [0.2, 0.25) is 5.91 Å². The number of carbonyl (C=O) groups excluding carboxylic acids is 1. The van der Waals surface area contributed by atoms with Crippen molar-refractivity contribution in [2.45, 2.75) is 71.1 Å². The number of aliphatic carboxylic acids is 1. The lowest BCUT2D eigenvalue weighted by molar-refractivity contribution is -0.143. The Balaban J connectivity index is 1.08. The maximum Gasteiger partial charge on any atom is 0.306 e. The number of hydrogen-bond donors (Lipinski definition) is 3. The van der Waals surface area contributed by atoms with E-state index in [9.17, 15) is 14.7 Å². The standard InChI is InChI=1S/C45H51Cl2N5O5/c1-4-57-42-21-32(39(46)19-33(42)26-51(2)25-28-11-13-29(14-12-28)45(54)55)27-52-40-10-6-8-36(38(40)24-49-52)37-9-5-7-35(44(37)47)30-15-16-31(41(20-30)56-3)22-48-23-34-17-18-43(53)50-34/h5-10,15-16,19-21,24,28-29,34,48H,4,11-14,17-18,22-23,25-27H2,1-3H3,(H,50,53)(H,54,55)/t28-,29-,34-/m0/s1. The molecular formula is C45H51Cl2N5O5. The number of carbonyl (C=O) groups is 2. The topological polar surface area (TPSA) is 118 Å². The Hall–Kier alpha value is -4.61. The molecule has 12 heteroatoms. The Bertz CT molecular complexity index is 2230. The lowest BCUT2D eigenvalue weighted by Crippen LogP contribution is -2.35. The number of methoxy groups -OCH3 is 1. The summed E-state index contributed by atoms with van der Waals surface area (Å²) in [5.41, 5.74) is 7.65. The molecule has 1 saturated carbocycles. The third kappa shape index (κ3) is 9.41. The summed E-state index contributed by atoms with van der Waals surface area (Å²) in [6.07, 6.45) is 6.68. The largest absolute Gasteiger partial charge is 0.496 e. The highest BCUT2D eigenvalue weighted by Gasteiger charge is 2.27. The zero-order valence-corrected chi connectivity index (χ0v) is 34.3. The van der Waals surface area contributed by atoms with E-state index in [1.807, 2.05) is 60.3 Å². The van der Waals surface area contributed by atoms with Gasteiger partial charge in [0.25, 0.3) is 0 Å². The van der Waals surface area contributed by atoms with Crippen LogP contribution in [0.25, 0.3) is 33.2 Å². The van der Waals surface area contributed by atoms with Gasteiger partial charge in [-0.05, 0) is 92.9 Å². The number of hydrogen-bond acceptors (Lipinski definition) is 7. The highest BCUT2D eigenvalue weighted by atomic mass is 35.5. The molecule has 1 aliphatic heterocycles. The van der Waals surface area contributed by atoms with Crippen molar-refractivity contribution in [3.05, 3.63) is 99.7 Å². The second-order valence-corrected chi connectivity index (χ2v) is 16.2. The summed E-state index contributed by atoms with van der Waals surface area (Å²) in [5, 5.41) is 22.9. The minimum absolute atomic E-state index is 0.114. The molecular weight excluding hydrogens is 761 g/mol. The van der Waals surface area contributed by atoms with E-state index in [0.29, 0.717) is 55.2 Å². The fourth-order valence-electron chi connectivity index (χ4n) is 8.42. The molecule has 57 heavy (non-hydrogen) atoms. The molecule has 1 saturated heterocycles. The molecule has 2 aliphatic rings. The van der Waals surface area contributed by atoms with E-state index in [-0.39, 0.29) is 17.9 Å². The molecule has 3 N–H and O–H groups in total. The number of benzene rings is 4. The molecule has 1 atom stereocenters. The Kier molecular flexibility index (Phi) is 13.0. The predicted molar refractivity (Wildman–Crippen MR) is 226 cm³/mol. The first-order chi connectivity index (χ1) is 27.6. The molecule has 7 rings (SSSR count). The van der Waals surface area contributed by atoms with Crippen molar-refractivity contribution in [2.24, 2.45) is 11.8 Å². The minimum Gasteiger partial charge on any atom is -0.496 e. The van der Waals surface area contributed by atoms with Gasteiger partial charge in [-0.15, -0.1) is 0 Å². The molecule has 0 spiro atoms. The van der Waals surface area contributed by atoms with Crippen LogP contribution >= 0.6 is 23.2 Å². The van der Waals surface area contributed by atoms with Crippen LogP contribution in [0.3, 0.4) is 0 Å². The smallest absolute Gasteiger partial charge is 0.306 e. The van der Waals surface area contributed by atoms with Gasteiger partial charge in [-0.3, -0.25) is 14.3 Å². The summed E-state index contributed by atoms with van der Waals surface area (Å²) < 4.78 is 13.9. The van der Waals surface area contributed by atoms with Crippen LogP contribution in [-0.2, 0) is 29.2 Å². The SMILES string of the molecule is CCOc1cc(Cn2ncc3c(-c4cccc(-c5ccc(CNC[C@@H]6CCC(=O)N6)c(OC)c5)c4Cl)cccc32)c(Cl)cc1CN(C)C[C@H]1CC[C@H](C(=O)O)CC1. The fourth-order valence-corrected chi connectivity index (χ4v) is 9.00. The molecule has 10 nitrogen and oxygen atoms in total. The van der Waals surface area contributed by atoms with Gasteiger partial charge < -0.3 is 30.1 Å². The normalized spacial score (nSPS) is 18.3. The van der Waals surface area contributed by atoms with Crippen molar-refractivity contribution >= 4 is 46.0 Å². The molecule has 0 unspecified atom stereocenters. The van der Waals surface area contributed by atoms with Gasteiger partial charge in [-0.1, -0.05) is 65.7 Å². The van der Waals surface area contributed by atoms with Crippen LogP contribution in [0, 0.1) is 11.8 Å². The molecule has 1 amide bonds. The molecule has 2 heterocycles. The predicted octanol–water partition coefficient (Wildman–Crippen LogP) is 8.82. The quantitative estimate of drug-likeness (QED) is 0.0906. The van der Waals surface area contributed by atoms with Crippen LogP contribution in [0.15, 0.2) is 72.9 Å². The van der Waals surface area contributed by atoms with Crippen LogP contribution in [-0.4, -0.2) is 71.6 Å². The van der Waals surface area contributed by atoms with E-state index in [1.54, 1.807) is 7.11 Å². The van der Waals surface area contributed by atoms with Gasteiger partial charge in [-0.2, -0.15) is 5.10 Å². The summed E-state index contributed by atoms with van der Waals surface area (Å²) in [6.45, 7) is 5.87. The van der Waals surface area contributed by atoms with Gasteiger partial charge in [-0.25, -0.2) is 0 Å².